The van der Waals surface area contributed by atoms with Gasteiger partial charge in [0.15, 0.2) is 0 Å². The Morgan fingerprint density at radius 2 is 1.66 bits per heavy atom. The smallest absolute Gasteiger partial charge is 0.273 e. The Hall–Kier alpha value is -1.77. The Morgan fingerprint density at radius 1 is 1.14 bits per heavy atom. The third-order valence-electron chi connectivity index (χ3n) is 4.56. The maximum atomic E-state index is 14.0. The van der Waals surface area contributed by atoms with Gasteiger partial charge in [-0.15, -0.1) is 11.3 Å². The Kier molecular flexibility index (Phi) is 6.92. The summed E-state index contributed by atoms with van der Waals surface area (Å²) in [6.07, 6.45) is -0.162. The number of hydrogen-bond acceptors (Lipinski definition) is 5. The maximum Gasteiger partial charge on any atom is 0.273 e. The monoisotopic (exact) mass is 441 g/mol. The standard InChI is InChI=1S/C21H28FNO4S2/c1-12(2)15-9-14(22)10-16(13(3)4)17(15)11-19(24)23-29(26,27)20-8-7-18(28-20)21(5,6)25/h7-10,12-13,25H,11H2,1-6H3,(H,23,24). The van der Waals surface area contributed by atoms with Gasteiger partial charge < -0.3 is 5.11 Å². The molecule has 0 spiro atoms. The third kappa shape index (κ3) is 5.65. The summed E-state index contributed by atoms with van der Waals surface area (Å²) in [5, 5.41) is 10.0. The van der Waals surface area contributed by atoms with Gasteiger partial charge >= 0.3 is 0 Å². The lowest BCUT2D eigenvalue weighted by atomic mass is 9.87. The molecule has 0 aliphatic rings. The molecule has 1 heterocycles. The Labute approximate surface area is 176 Å². The Morgan fingerprint density at radius 3 is 2.07 bits per heavy atom. The van der Waals surface area contributed by atoms with E-state index in [1.54, 1.807) is 13.8 Å². The molecule has 1 aromatic carbocycles. The average molecular weight is 442 g/mol. The molecular weight excluding hydrogens is 413 g/mol. The van der Waals surface area contributed by atoms with Crippen LogP contribution in [-0.4, -0.2) is 19.4 Å². The van der Waals surface area contributed by atoms with Crippen LogP contribution >= 0.6 is 11.3 Å². The van der Waals surface area contributed by atoms with Gasteiger partial charge in [0.25, 0.3) is 10.0 Å². The van der Waals surface area contributed by atoms with Gasteiger partial charge in [-0.1, -0.05) is 27.7 Å². The van der Waals surface area contributed by atoms with Crippen molar-refractivity contribution < 1.29 is 22.7 Å². The molecule has 1 amide bonds. The quantitative estimate of drug-likeness (QED) is 0.667. The van der Waals surface area contributed by atoms with Gasteiger partial charge in [0.1, 0.15) is 10.0 Å². The van der Waals surface area contributed by atoms with Crippen LogP contribution in [0, 0.1) is 5.82 Å². The summed E-state index contributed by atoms with van der Waals surface area (Å²) in [5.74, 6) is -1.09. The van der Waals surface area contributed by atoms with E-state index in [4.69, 9.17) is 0 Å². The topological polar surface area (TPSA) is 83.5 Å². The minimum atomic E-state index is -4.06. The largest absolute Gasteiger partial charge is 0.385 e. The van der Waals surface area contributed by atoms with Crippen molar-refractivity contribution in [2.45, 2.75) is 69.6 Å². The molecule has 2 rings (SSSR count). The number of nitrogens with one attached hydrogen (secondary N) is 1. The number of hydrogen-bond donors (Lipinski definition) is 2. The van der Waals surface area contributed by atoms with Gasteiger partial charge in [-0.25, -0.2) is 17.5 Å². The molecule has 2 aromatic rings. The zero-order valence-corrected chi connectivity index (χ0v) is 19.2. The molecule has 0 unspecified atom stereocenters. The number of halogens is 1. The summed E-state index contributed by atoms with van der Waals surface area (Å²) in [6, 6.07) is 5.70. The van der Waals surface area contributed by atoms with E-state index < -0.39 is 21.5 Å². The molecule has 0 atom stereocenters. The number of carbonyl (C=O) groups excluding carboxylic acids is 1. The summed E-state index contributed by atoms with van der Waals surface area (Å²) in [4.78, 5) is 13.1. The molecular formula is C21H28FNO4S2. The highest BCUT2D eigenvalue weighted by atomic mass is 32.2. The van der Waals surface area contributed by atoms with Crippen molar-refractivity contribution in [3.05, 3.63) is 51.7 Å². The van der Waals surface area contributed by atoms with E-state index in [-0.39, 0.29) is 28.3 Å². The first-order valence-electron chi connectivity index (χ1n) is 9.43. The van der Waals surface area contributed by atoms with Crippen molar-refractivity contribution in [1.82, 2.24) is 4.72 Å². The van der Waals surface area contributed by atoms with E-state index in [1.165, 1.54) is 24.3 Å². The van der Waals surface area contributed by atoms with Crippen LogP contribution in [-0.2, 0) is 26.8 Å². The minimum Gasteiger partial charge on any atom is -0.385 e. The maximum absolute atomic E-state index is 14.0. The average Bonchev–Trinajstić information content (AvgIpc) is 3.06. The fourth-order valence-corrected chi connectivity index (χ4v) is 5.40. The summed E-state index contributed by atoms with van der Waals surface area (Å²) in [5.41, 5.74) is 0.880. The van der Waals surface area contributed by atoms with Crippen molar-refractivity contribution in [2.24, 2.45) is 0 Å². The van der Waals surface area contributed by atoms with Gasteiger partial charge in [-0.3, -0.25) is 4.79 Å². The van der Waals surface area contributed by atoms with Crippen LogP contribution in [0.4, 0.5) is 4.39 Å². The zero-order chi connectivity index (χ0) is 22.1. The molecule has 0 fully saturated rings. The van der Waals surface area contributed by atoms with Gasteiger partial charge in [0, 0.05) is 4.88 Å². The summed E-state index contributed by atoms with van der Waals surface area (Å²) < 4.78 is 41.3. The van der Waals surface area contributed by atoms with Crippen molar-refractivity contribution >= 4 is 27.3 Å². The lowest BCUT2D eigenvalue weighted by Crippen LogP contribution is -2.32. The highest BCUT2D eigenvalue weighted by Crippen LogP contribution is 2.31. The first-order valence-corrected chi connectivity index (χ1v) is 11.7. The normalized spacial score (nSPS) is 12.6. The SMILES string of the molecule is CC(C)c1cc(F)cc(C(C)C)c1CC(=O)NS(=O)(=O)c1ccc(C(C)(C)O)s1. The fourth-order valence-electron chi connectivity index (χ4n) is 3.10. The van der Waals surface area contributed by atoms with Crippen LogP contribution in [0.3, 0.4) is 0 Å². The van der Waals surface area contributed by atoms with Crippen LogP contribution in [0.25, 0.3) is 0 Å². The number of thiophene rings is 1. The number of benzene rings is 1. The highest BCUT2D eigenvalue weighted by molar-refractivity contribution is 7.92. The second-order valence-corrected chi connectivity index (χ2v) is 11.2. The highest BCUT2D eigenvalue weighted by Gasteiger charge is 2.26. The van der Waals surface area contributed by atoms with Crippen molar-refractivity contribution in [3.63, 3.8) is 0 Å². The molecule has 5 nitrogen and oxygen atoms in total. The Bertz CT molecular complexity index is 973. The fraction of sp³-hybridized carbons (Fsp3) is 0.476. The minimum absolute atomic E-state index is 0.0192. The number of rotatable bonds is 7. The predicted octanol–water partition coefficient (Wildman–Crippen LogP) is 4.41. The van der Waals surface area contributed by atoms with E-state index in [0.29, 0.717) is 21.6 Å². The molecule has 160 valence electrons. The van der Waals surface area contributed by atoms with E-state index in [1.807, 2.05) is 27.7 Å². The van der Waals surface area contributed by atoms with Gasteiger partial charge in [0.2, 0.25) is 5.91 Å². The first kappa shape index (κ1) is 23.5. The molecule has 0 aliphatic heterocycles. The van der Waals surface area contributed by atoms with Crippen LogP contribution in [0.2, 0.25) is 0 Å². The van der Waals surface area contributed by atoms with Crippen molar-refractivity contribution in [1.29, 1.82) is 0 Å². The predicted molar refractivity (Wildman–Crippen MR) is 113 cm³/mol. The Balaban J connectivity index is 2.32. The molecule has 0 saturated heterocycles. The number of carbonyl (C=O) groups is 1. The van der Waals surface area contributed by atoms with E-state index in [9.17, 15) is 22.7 Å². The molecule has 1 aromatic heterocycles. The van der Waals surface area contributed by atoms with Crippen LogP contribution in [0.5, 0.6) is 0 Å². The molecule has 2 N–H and O–H groups in total. The van der Waals surface area contributed by atoms with Gasteiger partial charge in [-0.05, 0) is 66.6 Å². The van der Waals surface area contributed by atoms with Crippen molar-refractivity contribution in [3.8, 4) is 0 Å². The molecule has 0 radical (unpaired) electrons. The molecule has 0 aliphatic carbocycles. The van der Waals surface area contributed by atoms with Gasteiger partial charge in [-0.2, -0.15) is 0 Å². The van der Waals surface area contributed by atoms with E-state index in [0.717, 1.165) is 11.3 Å². The molecule has 8 heteroatoms. The molecule has 0 saturated carbocycles. The lowest BCUT2D eigenvalue weighted by Gasteiger charge is -2.20. The van der Waals surface area contributed by atoms with Crippen molar-refractivity contribution in [2.75, 3.05) is 0 Å². The third-order valence-corrected chi connectivity index (χ3v) is 7.83. The number of amides is 1. The van der Waals surface area contributed by atoms with Crippen LogP contribution in [0.1, 0.15) is 74.9 Å². The summed E-state index contributed by atoms with van der Waals surface area (Å²) in [7, 11) is -4.06. The number of aliphatic hydroxyl groups is 1. The van der Waals surface area contributed by atoms with Crippen LogP contribution in [0.15, 0.2) is 28.5 Å². The van der Waals surface area contributed by atoms with E-state index in [2.05, 4.69) is 4.72 Å². The van der Waals surface area contributed by atoms with E-state index >= 15 is 0 Å². The summed E-state index contributed by atoms with van der Waals surface area (Å²) >= 11 is 0.911. The first-order chi connectivity index (χ1) is 13.2. The zero-order valence-electron chi connectivity index (χ0n) is 17.5. The molecule has 29 heavy (non-hydrogen) atoms. The summed E-state index contributed by atoms with van der Waals surface area (Å²) in [6.45, 7) is 10.7. The second-order valence-electron chi connectivity index (χ2n) is 8.26. The second kappa shape index (κ2) is 8.53. The lowest BCUT2D eigenvalue weighted by molar-refractivity contribution is -0.118. The number of sulfonamides is 1. The van der Waals surface area contributed by atoms with Gasteiger partial charge in [0.05, 0.1) is 12.0 Å². The molecule has 0 bridgehead atoms. The van der Waals surface area contributed by atoms with Crippen LogP contribution < -0.4 is 4.72 Å².